The Hall–Kier alpha value is -2.01. The lowest BCUT2D eigenvalue weighted by Crippen LogP contribution is -2.28. The van der Waals surface area contributed by atoms with Crippen LogP contribution < -0.4 is 5.31 Å². The lowest BCUT2D eigenvalue weighted by atomic mass is 10.0. The summed E-state index contributed by atoms with van der Waals surface area (Å²) in [6.07, 6.45) is -3.34. The maximum Gasteiger partial charge on any atom is 0.407 e. The van der Waals surface area contributed by atoms with E-state index < -0.39 is 58.1 Å². The van der Waals surface area contributed by atoms with Crippen LogP contribution in [0.4, 0.5) is 4.79 Å². The summed E-state index contributed by atoms with van der Waals surface area (Å²) in [5.74, 6) is 0. The van der Waals surface area contributed by atoms with E-state index in [9.17, 15) is 4.79 Å². The predicted molar refractivity (Wildman–Crippen MR) is 82.5 cm³/mol. The summed E-state index contributed by atoms with van der Waals surface area (Å²) >= 11 is 0. The topological polar surface area (TPSA) is 57.4 Å². The van der Waals surface area contributed by atoms with E-state index in [4.69, 9.17) is 19.3 Å². The van der Waals surface area contributed by atoms with Crippen LogP contribution in [-0.4, -0.2) is 49.0 Å². The SMILES string of the molecule is [2H]c1c(CC([2H])([2H])N(C([2H])([2H])[2H])C([2H])([2H])[2H])c2cc(C[C@]3([2H])N([2H])C(=O)OC3([2H])[2H])ccc2n1[2H]. The number of hydrogen-bond donors (Lipinski definition) is 2. The van der Waals surface area contributed by atoms with Crippen LogP contribution in [-0.2, 0) is 17.6 Å². The molecular weight excluding hydrogens is 266 g/mol. The fourth-order valence-corrected chi connectivity index (χ4v) is 2.04. The van der Waals surface area contributed by atoms with E-state index in [2.05, 4.69) is 4.74 Å². The molecule has 0 spiro atoms. The Morgan fingerprint density at radius 3 is 3.38 bits per heavy atom. The van der Waals surface area contributed by atoms with Crippen molar-refractivity contribution < 1.29 is 28.8 Å². The molecule has 2 heterocycles. The van der Waals surface area contributed by atoms with Crippen molar-refractivity contribution in [2.75, 3.05) is 27.0 Å². The Morgan fingerprint density at radius 2 is 2.62 bits per heavy atom. The highest BCUT2D eigenvalue weighted by atomic mass is 16.6. The molecule has 1 aliphatic heterocycles. The number of amides is 1. The lowest BCUT2D eigenvalue weighted by molar-refractivity contribution is 0.177. The van der Waals surface area contributed by atoms with Crippen molar-refractivity contribution in [3.63, 3.8) is 0 Å². The quantitative estimate of drug-likeness (QED) is 0.887. The molecule has 1 atom stereocenters. The van der Waals surface area contributed by atoms with Crippen LogP contribution in [0.15, 0.2) is 24.4 Å². The first kappa shape index (κ1) is 5.02. The van der Waals surface area contributed by atoms with Gasteiger partial charge in [0.05, 0.1) is 11.5 Å². The maximum atomic E-state index is 11.7. The Labute approximate surface area is 144 Å². The number of aromatic nitrogens is 1. The summed E-state index contributed by atoms with van der Waals surface area (Å²) in [6.45, 7) is -12.5. The van der Waals surface area contributed by atoms with Gasteiger partial charge < -0.3 is 19.9 Å². The van der Waals surface area contributed by atoms with Gasteiger partial charge in [0.1, 0.15) is 6.56 Å². The number of hydrogen-bond acceptors (Lipinski definition) is 3. The van der Waals surface area contributed by atoms with E-state index >= 15 is 0 Å². The number of alkyl carbamates (subject to hydrolysis) is 1. The summed E-state index contributed by atoms with van der Waals surface area (Å²) in [6, 6.07) is 1.50. The molecule has 112 valence electrons. The molecule has 3 rings (SSSR count). The number of benzene rings is 1. The molecule has 0 unspecified atom stereocenters. The average molecular weight is 301 g/mol. The summed E-state index contributed by atoms with van der Waals surface area (Å²) in [5.41, 5.74) is 0.0640. The monoisotopic (exact) mass is 301 g/mol. The van der Waals surface area contributed by atoms with Gasteiger partial charge >= 0.3 is 6.09 Å². The van der Waals surface area contributed by atoms with Crippen molar-refractivity contribution in [1.29, 1.82) is 0 Å². The van der Waals surface area contributed by atoms with Crippen LogP contribution in [0, 0.1) is 0 Å². The van der Waals surface area contributed by atoms with Crippen LogP contribution in [0.2, 0.25) is 2.82 Å². The van der Waals surface area contributed by atoms with Crippen molar-refractivity contribution in [1.82, 2.24) is 15.2 Å². The van der Waals surface area contributed by atoms with Crippen molar-refractivity contribution in [3.8, 4) is 0 Å². The molecule has 0 bridgehead atoms. The predicted octanol–water partition coefficient (Wildman–Crippen LogP) is 1.92. The van der Waals surface area contributed by atoms with E-state index in [1.165, 1.54) is 18.2 Å². The molecule has 5 heteroatoms. The first-order chi connectivity index (χ1) is 15.6. The molecular formula is C16H21N3O2. The van der Waals surface area contributed by atoms with Gasteiger partial charge in [-0.15, -0.1) is 0 Å². The number of nitrogens with one attached hydrogen (secondary N) is 2. The molecule has 0 aliphatic carbocycles. The van der Waals surface area contributed by atoms with Crippen molar-refractivity contribution in [3.05, 3.63) is 35.5 Å². The number of fused-ring (bicyclic) bond motifs is 1. The molecule has 1 amide bonds. The zero-order valence-corrected chi connectivity index (χ0v) is 10.8. The van der Waals surface area contributed by atoms with Crippen LogP contribution in [0.25, 0.3) is 10.9 Å². The number of aromatic amines is 1. The van der Waals surface area contributed by atoms with Gasteiger partial charge in [-0.1, -0.05) is 6.07 Å². The highest BCUT2D eigenvalue weighted by Crippen LogP contribution is 2.21. The van der Waals surface area contributed by atoms with E-state index in [-0.39, 0.29) is 32.2 Å². The Balaban J connectivity index is 2.09. The summed E-state index contributed by atoms with van der Waals surface area (Å²) in [5, 5.41) is 0.112. The highest BCUT2D eigenvalue weighted by molar-refractivity contribution is 5.84. The number of carbonyl (C=O) groups excluding carboxylic acids is 1. The van der Waals surface area contributed by atoms with Gasteiger partial charge in [0.15, 0.2) is 2.82 Å². The molecule has 1 saturated heterocycles. The van der Waals surface area contributed by atoms with Gasteiger partial charge in [-0.2, -0.15) is 0 Å². The van der Waals surface area contributed by atoms with Gasteiger partial charge in [-0.25, -0.2) is 4.79 Å². The Kier molecular flexibility index (Phi) is 1.38. The second-order valence-electron chi connectivity index (χ2n) is 4.43. The Bertz CT molecular complexity index is 1140. The van der Waals surface area contributed by atoms with E-state index in [1.807, 2.05) is 0 Å². The van der Waals surface area contributed by atoms with Gasteiger partial charge in [0.2, 0.25) is 0 Å². The van der Waals surface area contributed by atoms with E-state index in [1.54, 1.807) is 0 Å². The molecule has 1 aliphatic rings. The third kappa shape index (κ3) is 3.19. The van der Waals surface area contributed by atoms with E-state index in [0.29, 0.717) is 4.98 Å². The van der Waals surface area contributed by atoms with Crippen LogP contribution >= 0.6 is 0 Å². The number of ether oxygens (including phenoxy) is 1. The number of cyclic esters (lactones) is 1. The van der Waals surface area contributed by atoms with Crippen LogP contribution in [0.1, 0.15) is 27.6 Å². The molecule has 0 radical (unpaired) electrons. The summed E-state index contributed by atoms with van der Waals surface area (Å²) in [7, 11) is 0. The zero-order chi connectivity index (χ0) is 26.9. The van der Waals surface area contributed by atoms with Crippen molar-refractivity contribution >= 4 is 17.0 Å². The largest absolute Gasteiger partial charge is 0.447 e. The zero-order valence-electron chi connectivity index (χ0n) is 24.8. The molecule has 1 aromatic heterocycles. The van der Waals surface area contributed by atoms with E-state index in [0.717, 1.165) is 0 Å². The lowest BCUT2D eigenvalue weighted by Gasteiger charge is -2.09. The summed E-state index contributed by atoms with van der Waals surface area (Å²) < 4.78 is 114. The molecule has 1 fully saturated rings. The molecule has 0 saturated carbocycles. The standard InChI is InChI=1S/C16H21N3O2/c1-19(2)6-5-12-9-17-15-4-3-11(8-14(12)15)7-13-10-21-16(20)18-13/h3-4,8-9,13,17H,5-7,10H2,1-2H3,(H,18,20)/t13-/m0/s1/i1D3,2D3,6D2,9D,10D2,13D/hD2. The average Bonchev–Trinajstić information content (AvgIpc) is 2.96. The first-order valence-electron chi connectivity index (χ1n) is 13.0. The normalized spacial score (nSPS) is 36.2. The number of aryl methyl sites for hydroxylation is 1. The number of rotatable bonds is 5. The van der Waals surface area contributed by atoms with Crippen LogP contribution in [0.3, 0.4) is 0 Å². The molecule has 1 aromatic carbocycles. The van der Waals surface area contributed by atoms with Gasteiger partial charge in [0, 0.05) is 34.5 Å². The fourth-order valence-electron chi connectivity index (χ4n) is 2.04. The fraction of sp³-hybridized carbons (Fsp3) is 0.438. The third-order valence-electron chi connectivity index (χ3n) is 2.97. The van der Waals surface area contributed by atoms with Crippen LogP contribution in [0.5, 0.6) is 0 Å². The summed E-state index contributed by atoms with van der Waals surface area (Å²) in [4.78, 5) is 12.0. The number of carbonyl (C=O) groups is 1. The molecule has 5 nitrogen and oxygen atoms in total. The Morgan fingerprint density at radius 1 is 1.71 bits per heavy atom. The first-order valence-corrected chi connectivity index (χ1v) is 6.08. The van der Waals surface area contributed by atoms with Gasteiger partial charge in [-0.05, 0) is 50.1 Å². The van der Waals surface area contributed by atoms with Crippen molar-refractivity contribution in [2.45, 2.75) is 18.9 Å². The number of H-pyrrole nitrogens is 1. The number of likely N-dealkylation sites (N-methyl/N-ethyl adjacent to an activating group) is 1. The third-order valence-corrected chi connectivity index (χ3v) is 2.97. The van der Waals surface area contributed by atoms with Gasteiger partial charge in [0.25, 0.3) is 0 Å². The second-order valence-corrected chi connectivity index (χ2v) is 4.43. The minimum absolute atomic E-state index is 0.0485. The number of nitrogens with zero attached hydrogens (tertiary/aromatic N) is 1. The minimum Gasteiger partial charge on any atom is -0.447 e. The highest BCUT2D eigenvalue weighted by Gasteiger charge is 2.22. The molecule has 2 aromatic rings. The molecule has 21 heavy (non-hydrogen) atoms. The minimum atomic E-state index is -3.35. The van der Waals surface area contributed by atoms with Crippen molar-refractivity contribution in [2.24, 2.45) is 0 Å². The molecule has 2 N–H and O–H groups in total. The second kappa shape index (κ2) is 5.77. The van der Waals surface area contributed by atoms with Gasteiger partial charge in [-0.3, -0.25) is 0 Å². The smallest absolute Gasteiger partial charge is 0.407 e. The maximum absolute atomic E-state index is 11.7.